The van der Waals surface area contributed by atoms with Gasteiger partial charge in [0.2, 0.25) is 0 Å². The summed E-state index contributed by atoms with van der Waals surface area (Å²) >= 11 is 6.79. The molecule has 18 heavy (non-hydrogen) atoms. The van der Waals surface area contributed by atoms with Gasteiger partial charge < -0.3 is 9.64 Å². The fourth-order valence-electron chi connectivity index (χ4n) is 1.31. The molecular weight excluding hydrogens is 266 g/mol. The summed E-state index contributed by atoms with van der Waals surface area (Å²) in [4.78, 5) is 14.1. The Labute approximate surface area is 118 Å². The average molecular weight is 283 g/mol. The molecule has 0 fully saturated rings. The molecule has 0 N–H and O–H groups in total. The fraction of sp³-hybridized carbons (Fsp3) is 0.385. The van der Waals surface area contributed by atoms with Crippen molar-refractivity contribution in [1.29, 1.82) is 0 Å². The van der Waals surface area contributed by atoms with Crippen LogP contribution >= 0.6 is 24.0 Å². The van der Waals surface area contributed by atoms with Crippen molar-refractivity contribution in [2.24, 2.45) is 0 Å². The molecule has 1 rings (SSSR count). The van der Waals surface area contributed by atoms with Gasteiger partial charge in [-0.15, -0.1) is 0 Å². The fourth-order valence-corrected chi connectivity index (χ4v) is 2.33. The van der Waals surface area contributed by atoms with Crippen molar-refractivity contribution < 1.29 is 9.53 Å². The normalized spacial score (nSPS) is 9.94. The first-order valence-electron chi connectivity index (χ1n) is 5.58. The van der Waals surface area contributed by atoms with Gasteiger partial charge in [0.1, 0.15) is 4.32 Å². The molecular formula is C13H17NO2S2. The minimum atomic E-state index is -0.183. The molecule has 1 aromatic rings. The van der Waals surface area contributed by atoms with E-state index in [2.05, 4.69) is 10.8 Å². The number of aryl methyl sites for hydroxylation is 1. The second-order valence-corrected chi connectivity index (χ2v) is 5.69. The zero-order valence-corrected chi connectivity index (χ0v) is 12.4. The number of ether oxygens (including phenoxy) is 1. The number of thioether (sulfide) groups is 1. The number of esters is 1. The number of hydrogen-bond acceptors (Lipinski definition) is 4. The maximum Gasteiger partial charge on any atom is 0.305 e. The van der Waals surface area contributed by atoms with Crippen LogP contribution < -0.4 is 0 Å². The van der Waals surface area contributed by atoms with Gasteiger partial charge in [-0.3, -0.25) is 4.79 Å². The average Bonchev–Trinajstić information content (AvgIpc) is 2.36. The van der Waals surface area contributed by atoms with Crippen LogP contribution in [0.1, 0.15) is 12.0 Å². The molecule has 0 heterocycles. The largest absolute Gasteiger partial charge is 0.469 e. The highest BCUT2D eigenvalue weighted by atomic mass is 32.2. The van der Waals surface area contributed by atoms with E-state index in [1.54, 1.807) is 11.8 Å². The Morgan fingerprint density at radius 2 is 2.17 bits per heavy atom. The van der Waals surface area contributed by atoms with Crippen molar-refractivity contribution >= 4 is 34.3 Å². The van der Waals surface area contributed by atoms with E-state index in [0.717, 1.165) is 14.8 Å². The number of hydrogen-bond donors (Lipinski definition) is 0. The number of carbonyl (C=O) groups is 1. The van der Waals surface area contributed by atoms with Crippen LogP contribution in [0.5, 0.6) is 0 Å². The van der Waals surface area contributed by atoms with E-state index in [1.807, 2.05) is 37.2 Å². The van der Waals surface area contributed by atoms with Crippen molar-refractivity contribution in [3.05, 3.63) is 29.8 Å². The summed E-state index contributed by atoms with van der Waals surface area (Å²) in [5.74, 6) is -0.183. The molecule has 0 unspecified atom stereocenters. The van der Waals surface area contributed by atoms with E-state index < -0.39 is 0 Å². The molecule has 0 atom stereocenters. The molecule has 1 aromatic carbocycles. The zero-order chi connectivity index (χ0) is 13.5. The van der Waals surface area contributed by atoms with Crippen LogP contribution in [0, 0.1) is 0 Å². The third-order valence-electron chi connectivity index (χ3n) is 2.31. The first-order chi connectivity index (χ1) is 8.52. The van der Waals surface area contributed by atoms with Crippen LogP contribution in [0.2, 0.25) is 0 Å². The topological polar surface area (TPSA) is 29.5 Å². The lowest BCUT2D eigenvalue weighted by Gasteiger charge is -2.13. The molecule has 5 heteroatoms. The van der Waals surface area contributed by atoms with Gasteiger partial charge in [0.05, 0.1) is 7.11 Å². The van der Waals surface area contributed by atoms with E-state index in [9.17, 15) is 4.79 Å². The van der Waals surface area contributed by atoms with Crippen molar-refractivity contribution in [3.8, 4) is 0 Å². The second-order valence-electron chi connectivity index (χ2n) is 3.99. The van der Waals surface area contributed by atoms with Crippen LogP contribution in [0.3, 0.4) is 0 Å². The molecule has 0 radical (unpaired) electrons. The summed E-state index contributed by atoms with van der Waals surface area (Å²) in [7, 11) is 5.26. The highest BCUT2D eigenvalue weighted by Crippen LogP contribution is 2.22. The van der Waals surface area contributed by atoms with E-state index in [4.69, 9.17) is 12.2 Å². The summed E-state index contributed by atoms with van der Waals surface area (Å²) in [5.41, 5.74) is 1.12. The highest BCUT2D eigenvalue weighted by Gasteiger charge is 2.05. The summed E-state index contributed by atoms with van der Waals surface area (Å²) in [6.07, 6.45) is 1.10. The van der Waals surface area contributed by atoms with Gasteiger partial charge in [0.15, 0.2) is 0 Å². The first-order valence-corrected chi connectivity index (χ1v) is 6.80. The van der Waals surface area contributed by atoms with Crippen molar-refractivity contribution in [2.45, 2.75) is 17.7 Å². The van der Waals surface area contributed by atoms with E-state index in [0.29, 0.717) is 12.8 Å². The van der Waals surface area contributed by atoms with E-state index in [-0.39, 0.29) is 5.97 Å². The number of rotatable bonds is 4. The molecule has 0 saturated carbocycles. The lowest BCUT2D eigenvalue weighted by atomic mass is 10.1. The van der Waals surface area contributed by atoms with Crippen molar-refractivity contribution in [3.63, 3.8) is 0 Å². The van der Waals surface area contributed by atoms with Crippen LogP contribution in [0.25, 0.3) is 0 Å². The van der Waals surface area contributed by atoms with Crippen LogP contribution in [-0.4, -0.2) is 36.4 Å². The highest BCUT2D eigenvalue weighted by molar-refractivity contribution is 8.22. The van der Waals surface area contributed by atoms with Gasteiger partial charge in [-0.1, -0.05) is 36.1 Å². The third-order valence-corrected chi connectivity index (χ3v) is 3.96. The monoisotopic (exact) mass is 283 g/mol. The van der Waals surface area contributed by atoms with Crippen LogP contribution in [0.4, 0.5) is 0 Å². The first kappa shape index (κ1) is 15.0. The smallest absolute Gasteiger partial charge is 0.305 e. The molecule has 0 saturated heterocycles. The quantitative estimate of drug-likeness (QED) is 0.481. The molecule has 0 amide bonds. The predicted octanol–water partition coefficient (Wildman–Crippen LogP) is 2.73. The van der Waals surface area contributed by atoms with Crippen LogP contribution in [-0.2, 0) is 16.0 Å². The Morgan fingerprint density at radius 3 is 2.78 bits per heavy atom. The number of benzene rings is 1. The van der Waals surface area contributed by atoms with Crippen molar-refractivity contribution in [1.82, 2.24) is 4.90 Å². The predicted molar refractivity (Wildman–Crippen MR) is 78.9 cm³/mol. The SMILES string of the molecule is COC(=O)CCc1cccc(SC(=S)N(C)C)c1. The standard InChI is InChI=1S/C13H17NO2S2/c1-14(2)13(17)18-11-6-4-5-10(9-11)7-8-12(15)16-3/h4-6,9H,7-8H2,1-3H3. The lowest BCUT2D eigenvalue weighted by molar-refractivity contribution is -0.140. The molecule has 0 aromatic heterocycles. The summed E-state index contributed by atoms with van der Waals surface area (Å²) in [6, 6.07) is 8.06. The van der Waals surface area contributed by atoms with Gasteiger partial charge >= 0.3 is 5.97 Å². The number of nitrogens with zero attached hydrogens (tertiary/aromatic N) is 1. The Morgan fingerprint density at radius 1 is 1.44 bits per heavy atom. The minimum Gasteiger partial charge on any atom is -0.469 e. The number of carbonyl (C=O) groups excluding carboxylic acids is 1. The maximum absolute atomic E-state index is 11.1. The van der Waals surface area contributed by atoms with E-state index in [1.165, 1.54) is 7.11 Å². The summed E-state index contributed by atoms with van der Waals surface area (Å²) < 4.78 is 5.45. The number of thiocarbonyl (C=S) groups is 1. The molecule has 0 bridgehead atoms. The molecule has 0 aliphatic rings. The Kier molecular flexibility index (Phi) is 6.15. The Bertz CT molecular complexity index is 433. The molecule has 3 nitrogen and oxygen atoms in total. The Hall–Kier alpha value is -1.07. The van der Waals surface area contributed by atoms with Gasteiger partial charge in [0.25, 0.3) is 0 Å². The molecule has 0 aliphatic heterocycles. The number of methoxy groups -OCH3 is 1. The lowest BCUT2D eigenvalue weighted by Crippen LogP contribution is -2.15. The molecule has 98 valence electrons. The molecule has 0 aliphatic carbocycles. The zero-order valence-electron chi connectivity index (χ0n) is 10.8. The van der Waals surface area contributed by atoms with Crippen molar-refractivity contribution in [2.75, 3.05) is 21.2 Å². The summed E-state index contributed by atoms with van der Waals surface area (Å²) in [5, 5.41) is 0. The van der Waals surface area contributed by atoms with Gasteiger partial charge in [-0.2, -0.15) is 0 Å². The van der Waals surface area contributed by atoms with Gasteiger partial charge in [0, 0.05) is 25.4 Å². The van der Waals surface area contributed by atoms with Crippen LogP contribution in [0.15, 0.2) is 29.2 Å². The van der Waals surface area contributed by atoms with Gasteiger partial charge in [-0.05, 0) is 24.1 Å². The minimum absolute atomic E-state index is 0.183. The van der Waals surface area contributed by atoms with E-state index >= 15 is 0 Å². The second kappa shape index (κ2) is 7.38. The third kappa shape index (κ3) is 5.06. The Balaban J connectivity index is 2.62. The van der Waals surface area contributed by atoms with Gasteiger partial charge in [-0.25, -0.2) is 0 Å². The molecule has 0 spiro atoms. The maximum atomic E-state index is 11.1. The summed E-state index contributed by atoms with van der Waals surface area (Å²) in [6.45, 7) is 0.